The lowest BCUT2D eigenvalue weighted by Gasteiger charge is -2.47. The maximum atomic E-state index is 11.5. The number of amides is 1. The van der Waals surface area contributed by atoms with Crippen molar-refractivity contribution in [3.8, 4) is 0 Å². The Bertz CT molecular complexity index is 1170. The van der Waals surface area contributed by atoms with E-state index in [0.29, 0.717) is 24.2 Å². The zero-order chi connectivity index (χ0) is 44.4. The average molecular weight is 838 g/mol. The lowest BCUT2D eigenvalue weighted by atomic mass is 9.72. The number of rotatable bonds is 8. The molecule has 0 unspecified atom stereocenters. The van der Waals surface area contributed by atoms with Crippen LogP contribution in [-0.2, 0) is 28.5 Å². The number of hydrogen-bond acceptors (Lipinski definition) is 9. The van der Waals surface area contributed by atoms with Crippen molar-refractivity contribution in [2.75, 3.05) is 52.5 Å². The molecule has 59 heavy (non-hydrogen) atoms. The van der Waals surface area contributed by atoms with Gasteiger partial charge in [-0.25, -0.2) is 0 Å². The lowest BCUT2D eigenvalue weighted by Crippen LogP contribution is -2.58. The van der Waals surface area contributed by atoms with Gasteiger partial charge in [0.1, 0.15) is 0 Å². The number of nitrogens with zero attached hydrogens (tertiary/aromatic N) is 3. The van der Waals surface area contributed by atoms with E-state index in [1.54, 1.807) is 0 Å². The normalized spacial score (nSPS) is 27.2. The minimum Gasteiger partial charge on any atom is -0.390 e. The molecule has 6 rings (SSSR count). The molecule has 1 N–H and O–H groups in total. The van der Waals surface area contributed by atoms with E-state index in [1.165, 1.54) is 70.9 Å². The molecule has 10 heteroatoms. The van der Waals surface area contributed by atoms with E-state index in [1.807, 2.05) is 53.4 Å². The van der Waals surface area contributed by atoms with Crippen LogP contribution >= 0.6 is 0 Å². The predicted molar refractivity (Wildman–Crippen MR) is 242 cm³/mol. The van der Waals surface area contributed by atoms with Gasteiger partial charge in [-0.15, -0.1) is 0 Å². The number of piperidine rings is 1. The van der Waals surface area contributed by atoms with Crippen molar-refractivity contribution in [2.45, 2.75) is 246 Å². The van der Waals surface area contributed by atoms with Crippen LogP contribution < -0.4 is 0 Å². The van der Waals surface area contributed by atoms with Gasteiger partial charge >= 0.3 is 0 Å². The van der Waals surface area contributed by atoms with Crippen LogP contribution in [0.25, 0.3) is 0 Å². The van der Waals surface area contributed by atoms with E-state index in [-0.39, 0.29) is 40.3 Å². The van der Waals surface area contributed by atoms with Gasteiger partial charge in [0.05, 0.1) is 52.4 Å². The second-order valence-corrected chi connectivity index (χ2v) is 23.3. The summed E-state index contributed by atoms with van der Waals surface area (Å²) in [5, 5.41) is 9.70. The number of carbonyl (C=O) groups excluding carboxylic acids is 1. The second-order valence-electron chi connectivity index (χ2n) is 23.3. The summed E-state index contributed by atoms with van der Waals surface area (Å²) in [4.78, 5) is 18.6. The highest BCUT2D eigenvalue weighted by Gasteiger charge is 2.41. The zero-order valence-corrected chi connectivity index (χ0v) is 41.3. The summed E-state index contributed by atoms with van der Waals surface area (Å²) in [5.41, 5.74) is -0.639. The zero-order valence-electron chi connectivity index (χ0n) is 41.3. The van der Waals surface area contributed by atoms with Gasteiger partial charge in [-0.1, -0.05) is 20.3 Å². The van der Waals surface area contributed by atoms with E-state index in [4.69, 9.17) is 23.7 Å². The van der Waals surface area contributed by atoms with Crippen molar-refractivity contribution in [3.05, 3.63) is 0 Å². The molecule has 6 aliphatic rings. The molecular formula is C49H95N3O7. The summed E-state index contributed by atoms with van der Waals surface area (Å²) >= 11 is 0. The van der Waals surface area contributed by atoms with Gasteiger partial charge < -0.3 is 38.6 Å². The highest BCUT2D eigenvalue weighted by Crippen LogP contribution is 2.39. The molecule has 4 aliphatic heterocycles. The van der Waals surface area contributed by atoms with Crippen LogP contribution in [0.5, 0.6) is 0 Å². The summed E-state index contributed by atoms with van der Waals surface area (Å²) in [5.74, 6) is 0.754. The van der Waals surface area contributed by atoms with Crippen LogP contribution in [0.4, 0.5) is 0 Å². The molecule has 0 atom stereocenters. The van der Waals surface area contributed by atoms with Gasteiger partial charge in [-0.05, 0) is 180 Å². The van der Waals surface area contributed by atoms with Crippen molar-refractivity contribution >= 4 is 5.91 Å². The molecule has 0 aromatic carbocycles. The molecule has 1 amide bonds. The highest BCUT2D eigenvalue weighted by molar-refractivity contribution is 5.79. The monoisotopic (exact) mass is 838 g/mol. The molecule has 0 aromatic rings. The summed E-state index contributed by atoms with van der Waals surface area (Å²) in [6.45, 7) is 41.2. The van der Waals surface area contributed by atoms with Crippen LogP contribution in [0.15, 0.2) is 0 Å². The average Bonchev–Trinajstić information content (AvgIpc) is 3.05. The maximum Gasteiger partial charge on any atom is 0.225 e. The van der Waals surface area contributed by atoms with Crippen LogP contribution in [0.1, 0.15) is 181 Å². The summed E-state index contributed by atoms with van der Waals surface area (Å²) in [6, 6.07) is 1.61. The van der Waals surface area contributed by atoms with E-state index in [2.05, 4.69) is 72.1 Å². The number of hydrogen-bond donors (Lipinski definition) is 1. The first-order valence-corrected chi connectivity index (χ1v) is 23.8. The Labute approximate surface area is 363 Å². The fourth-order valence-electron chi connectivity index (χ4n) is 9.00. The van der Waals surface area contributed by atoms with Crippen LogP contribution in [0, 0.1) is 11.8 Å². The standard InChI is InChI=1S/C15H29NO.C12H23NO2.C11H21NO2.C11H22O2/c1-15(2,3)17-14-9-7-13(8-10-14)16-11-5-4-6-12-16;1-12(2,3)15-11-8-13(9-11)10-4-6-14-7-5-10;1-8(2)10(13)12-6-9(7-12)14-11(3,4)5;1-10(2,3)13-9-6-8(7-9)11(4,5)12/h13-14H,4-12H2,1-3H3;10-11H,4-9H2,1-3H3;8-9H,6-7H2,1-5H3;8-9,12H,6-7H2,1-5H3. The van der Waals surface area contributed by atoms with Gasteiger partial charge in [-0.3, -0.25) is 9.69 Å². The molecule has 10 nitrogen and oxygen atoms in total. The Morgan fingerprint density at radius 2 is 0.949 bits per heavy atom. The Balaban J connectivity index is 0.000000211. The molecule has 0 aromatic heterocycles. The third-order valence-electron chi connectivity index (χ3n) is 12.0. The molecule has 0 radical (unpaired) electrons. The van der Waals surface area contributed by atoms with Crippen LogP contribution in [0.3, 0.4) is 0 Å². The van der Waals surface area contributed by atoms with E-state index in [0.717, 1.165) is 64.3 Å². The van der Waals surface area contributed by atoms with Gasteiger partial charge in [0.15, 0.2) is 0 Å². The molecule has 0 spiro atoms. The Morgan fingerprint density at radius 1 is 0.542 bits per heavy atom. The van der Waals surface area contributed by atoms with E-state index < -0.39 is 5.60 Å². The fourth-order valence-corrected chi connectivity index (χ4v) is 9.00. The van der Waals surface area contributed by atoms with Crippen LogP contribution in [0.2, 0.25) is 0 Å². The van der Waals surface area contributed by atoms with Gasteiger partial charge in [0.25, 0.3) is 0 Å². The minimum atomic E-state index is -0.530. The largest absolute Gasteiger partial charge is 0.390 e. The lowest BCUT2D eigenvalue weighted by molar-refractivity contribution is -0.160. The smallest absolute Gasteiger partial charge is 0.225 e. The molecule has 348 valence electrons. The quantitative estimate of drug-likeness (QED) is 0.257. The highest BCUT2D eigenvalue weighted by atomic mass is 16.5. The third-order valence-corrected chi connectivity index (χ3v) is 12.0. The van der Waals surface area contributed by atoms with Crippen molar-refractivity contribution in [2.24, 2.45) is 11.8 Å². The third kappa shape index (κ3) is 20.9. The Kier molecular flexibility index (Phi) is 20.2. The van der Waals surface area contributed by atoms with Crippen molar-refractivity contribution in [3.63, 3.8) is 0 Å². The molecule has 0 bridgehead atoms. The van der Waals surface area contributed by atoms with Crippen molar-refractivity contribution in [1.82, 2.24) is 14.7 Å². The Hall–Kier alpha value is -0.850. The molecular weight excluding hydrogens is 743 g/mol. The second kappa shape index (κ2) is 22.7. The van der Waals surface area contributed by atoms with Gasteiger partial charge in [0, 0.05) is 57.4 Å². The molecule has 4 saturated heterocycles. The first kappa shape index (κ1) is 52.5. The molecule has 2 aliphatic carbocycles. The first-order chi connectivity index (χ1) is 27.1. The van der Waals surface area contributed by atoms with Gasteiger partial charge in [0.2, 0.25) is 5.91 Å². The number of aliphatic hydroxyl groups is 1. The van der Waals surface area contributed by atoms with Crippen molar-refractivity contribution in [1.29, 1.82) is 0 Å². The maximum absolute atomic E-state index is 11.5. The fraction of sp³-hybridized carbons (Fsp3) is 0.980. The Morgan fingerprint density at radius 3 is 1.37 bits per heavy atom. The predicted octanol–water partition coefficient (Wildman–Crippen LogP) is 9.28. The van der Waals surface area contributed by atoms with Gasteiger partial charge in [-0.2, -0.15) is 0 Å². The number of ether oxygens (including phenoxy) is 5. The first-order valence-electron chi connectivity index (χ1n) is 23.8. The summed E-state index contributed by atoms with van der Waals surface area (Å²) in [7, 11) is 0. The number of carbonyl (C=O) groups is 1. The minimum absolute atomic E-state index is 0.00638. The summed E-state index contributed by atoms with van der Waals surface area (Å²) < 4.78 is 28.9. The SMILES string of the molecule is CC(C)(C)OC1CC(C(C)(C)O)C1.CC(C)(C)OC1CCC(N2CCCCC2)CC1.CC(C)(C)OC1CN(C2CCOCC2)C1.CC(C)C(=O)N1CC(OC(C)(C)C)C1. The number of likely N-dealkylation sites (tertiary alicyclic amines) is 3. The summed E-state index contributed by atoms with van der Waals surface area (Å²) in [6.07, 6.45) is 15.4. The van der Waals surface area contributed by atoms with Crippen molar-refractivity contribution < 1.29 is 33.6 Å². The van der Waals surface area contributed by atoms with Crippen LogP contribution in [-0.4, -0.2) is 143 Å². The van der Waals surface area contributed by atoms with E-state index >= 15 is 0 Å². The molecule has 6 fully saturated rings. The molecule has 4 heterocycles. The topological polar surface area (TPSA) is 93.2 Å². The molecule has 2 saturated carbocycles. The van der Waals surface area contributed by atoms with E-state index in [9.17, 15) is 9.90 Å².